The Kier molecular flexibility index (Phi) is 6.11. The number of ether oxygens (including phenoxy) is 1. The maximum absolute atomic E-state index is 5.57. The predicted octanol–water partition coefficient (Wildman–Crippen LogP) is 4.00. The van der Waals surface area contributed by atoms with Gasteiger partial charge in [0, 0.05) is 18.0 Å². The second-order valence-electron chi connectivity index (χ2n) is 4.79. The molecule has 0 aliphatic heterocycles. The summed E-state index contributed by atoms with van der Waals surface area (Å²) in [4.78, 5) is 0.760. The van der Waals surface area contributed by atoms with Crippen LogP contribution in [0.15, 0.2) is 0 Å². The summed E-state index contributed by atoms with van der Waals surface area (Å²) in [6, 6.07) is 0. The zero-order chi connectivity index (χ0) is 10.4. The van der Waals surface area contributed by atoms with Crippen LogP contribution in [0.1, 0.15) is 46.0 Å². The Balaban J connectivity index is 1.79. The summed E-state index contributed by atoms with van der Waals surface area (Å²) in [6.07, 6.45) is 6.56. The summed E-state index contributed by atoms with van der Waals surface area (Å²) in [6.45, 7) is 6.37. The molecule has 1 atom stereocenters. The smallest absolute Gasteiger partial charge is 0.0468 e. The lowest BCUT2D eigenvalue weighted by Gasteiger charge is -2.09. The second kappa shape index (κ2) is 6.84. The molecule has 2 heteroatoms. The van der Waals surface area contributed by atoms with Gasteiger partial charge in [-0.2, -0.15) is 0 Å². The zero-order valence-electron chi connectivity index (χ0n) is 9.47. The number of alkyl halides is 1. The van der Waals surface area contributed by atoms with E-state index in [1.165, 1.54) is 32.1 Å². The van der Waals surface area contributed by atoms with Crippen LogP contribution in [0, 0.1) is 11.8 Å². The summed E-state index contributed by atoms with van der Waals surface area (Å²) in [7, 11) is 0. The molecule has 0 heterocycles. The van der Waals surface area contributed by atoms with Crippen LogP contribution in [0.25, 0.3) is 0 Å². The Morgan fingerprint density at radius 3 is 2.50 bits per heavy atom. The summed E-state index contributed by atoms with van der Waals surface area (Å²) >= 11 is 3.74. The molecule has 14 heavy (non-hydrogen) atoms. The van der Waals surface area contributed by atoms with E-state index in [0.29, 0.717) is 0 Å². The van der Waals surface area contributed by atoms with Crippen LogP contribution < -0.4 is 0 Å². The SMILES string of the molecule is CC(C)CCOCCCC(Br)C1CC1. The third-order valence-electron chi connectivity index (χ3n) is 2.74. The Hall–Kier alpha value is 0.440. The van der Waals surface area contributed by atoms with Gasteiger partial charge in [0.05, 0.1) is 0 Å². The van der Waals surface area contributed by atoms with Crippen molar-refractivity contribution in [3.8, 4) is 0 Å². The maximum atomic E-state index is 5.57. The molecule has 0 radical (unpaired) electrons. The van der Waals surface area contributed by atoms with Crippen molar-refractivity contribution in [1.29, 1.82) is 0 Å². The van der Waals surface area contributed by atoms with Gasteiger partial charge in [-0.15, -0.1) is 0 Å². The lowest BCUT2D eigenvalue weighted by Crippen LogP contribution is -2.05. The van der Waals surface area contributed by atoms with Gasteiger partial charge in [0.2, 0.25) is 0 Å². The van der Waals surface area contributed by atoms with Crippen LogP contribution in [0.3, 0.4) is 0 Å². The fourth-order valence-electron chi connectivity index (χ4n) is 1.50. The predicted molar refractivity (Wildman–Crippen MR) is 64.9 cm³/mol. The first kappa shape index (κ1) is 12.5. The Bertz CT molecular complexity index is 143. The number of hydrogen-bond acceptors (Lipinski definition) is 1. The van der Waals surface area contributed by atoms with E-state index >= 15 is 0 Å². The van der Waals surface area contributed by atoms with Crippen molar-refractivity contribution in [2.75, 3.05) is 13.2 Å². The van der Waals surface area contributed by atoms with Gasteiger partial charge in [0.25, 0.3) is 0 Å². The Morgan fingerprint density at radius 1 is 1.21 bits per heavy atom. The highest BCUT2D eigenvalue weighted by molar-refractivity contribution is 9.09. The molecule has 1 unspecified atom stereocenters. The minimum atomic E-state index is 0.760. The van der Waals surface area contributed by atoms with Crippen molar-refractivity contribution in [2.45, 2.75) is 50.8 Å². The molecule has 0 bridgehead atoms. The minimum Gasteiger partial charge on any atom is -0.381 e. The molecular weight excluding hydrogens is 240 g/mol. The average Bonchev–Trinajstić information content (AvgIpc) is 2.92. The first-order valence-electron chi connectivity index (χ1n) is 5.92. The molecule has 1 aliphatic rings. The molecule has 0 aromatic carbocycles. The van der Waals surface area contributed by atoms with Crippen molar-refractivity contribution in [3.05, 3.63) is 0 Å². The van der Waals surface area contributed by atoms with Gasteiger partial charge in [-0.05, 0) is 43.9 Å². The Morgan fingerprint density at radius 2 is 1.93 bits per heavy atom. The highest BCUT2D eigenvalue weighted by atomic mass is 79.9. The molecule has 0 amide bonds. The van der Waals surface area contributed by atoms with Crippen molar-refractivity contribution < 1.29 is 4.74 Å². The summed E-state index contributed by atoms with van der Waals surface area (Å²) in [5.74, 6) is 1.75. The minimum absolute atomic E-state index is 0.760. The lowest BCUT2D eigenvalue weighted by atomic mass is 10.1. The summed E-state index contributed by atoms with van der Waals surface area (Å²) < 4.78 is 5.57. The van der Waals surface area contributed by atoms with Crippen LogP contribution in [-0.2, 0) is 4.74 Å². The molecule has 0 saturated heterocycles. The second-order valence-corrected chi connectivity index (χ2v) is 5.97. The number of hydrogen-bond donors (Lipinski definition) is 0. The van der Waals surface area contributed by atoms with E-state index in [1.54, 1.807) is 0 Å². The molecule has 1 aliphatic carbocycles. The van der Waals surface area contributed by atoms with Gasteiger partial charge in [-0.3, -0.25) is 0 Å². The Labute approximate surface area is 96.7 Å². The number of halogens is 1. The third-order valence-corrected chi connectivity index (χ3v) is 3.95. The quantitative estimate of drug-likeness (QED) is 0.475. The van der Waals surface area contributed by atoms with Crippen LogP contribution in [-0.4, -0.2) is 18.0 Å². The van der Waals surface area contributed by atoms with E-state index in [4.69, 9.17) is 4.74 Å². The summed E-state index contributed by atoms with van der Waals surface area (Å²) in [5.41, 5.74) is 0. The molecule has 1 rings (SSSR count). The fourth-order valence-corrected chi connectivity index (χ4v) is 2.35. The van der Waals surface area contributed by atoms with Crippen molar-refractivity contribution in [2.24, 2.45) is 11.8 Å². The molecule has 1 saturated carbocycles. The molecule has 0 spiro atoms. The van der Waals surface area contributed by atoms with Crippen LogP contribution in [0.5, 0.6) is 0 Å². The molecule has 1 nitrogen and oxygen atoms in total. The van der Waals surface area contributed by atoms with Gasteiger partial charge in [-0.25, -0.2) is 0 Å². The molecule has 0 aromatic rings. The van der Waals surface area contributed by atoms with Gasteiger partial charge in [-0.1, -0.05) is 29.8 Å². The molecular formula is C12H23BrO. The van der Waals surface area contributed by atoms with Gasteiger partial charge in [0.1, 0.15) is 0 Å². The highest BCUT2D eigenvalue weighted by Gasteiger charge is 2.28. The topological polar surface area (TPSA) is 9.23 Å². The van der Waals surface area contributed by atoms with E-state index in [9.17, 15) is 0 Å². The van der Waals surface area contributed by atoms with Crippen molar-refractivity contribution in [1.82, 2.24) is 0 Å². The van der Waals surface area contributed by atoms with Crippen molar-refractivity contribution >= 4 is 15.9 Å². The zero-order valence-corrected chi connectivity index (χ0v) is 11.1. The molecule has 84 valence electrons. The largest absolute Gasteiger partial charge is 0.381 e. The van der Waals surface area contributed by atoms with Crippen LogP contribution >= 0.6 is 15.9 Å². The average molecular weight is 263 g/mol. The van der Waals surface area contributed by atoms with Crippen LogP contribution in [0.4, 0.5) is 0 Å². The van der Waals surface area contributed by atoms with E-state index < -0.39 is 0 Å². The lowest BCUT2D eigenvalue weighted by molar-refractivity contribution is 0.120. The van der Waals surface area contributed by atoms with Gasteiger partial charge in [0.15, 0.2) is 0 Å². The number of rotatable bonds is 8. The van der Waals surface area contributed by atoms with E-state index in [1.807, 2.05) is 0 Å². The maximum Gasteiger partial charge on any atom is 0.0468 e. The summed E-state index contributed by atoms with van der Waals surface area (Å²) in [5, 5.41) is 0. The van der Waals surface area contributed by atoms with Gasteiger partial charge < -0.3 is 4.74 Å². The third kappa shape index (κ3) is 6.02. The normalized spacial score (nSPS) is 18.9. The van der Waals surface area contributed by atoms with Crippen molar-refractivity contribution in [3.63, 3.8) is 0 Å². The van der Waals surface area contributed by atoms with E-state index in [0.717, 1.165) is 29.9 Å². The van der Waals surface area contributed by atoms with Gasteiger partial charge >= 0.3 is 0 Å². The monoisotopic (exact) mass is 262 g/mol. The van der Waals surface area contributed by atoms with E-state index in [-0.39, 0.29) is 0 Å². The van der Waals surface area contributed by atoms with Crippen LogP contribution in [0.2, 0.25) is 0 Å². The fraction of sp³-hybridized carbons (Fsp3) is 1.00. The first-order valence-corrected chi connectivity index (χ1v) is 6.83. The standard InChI is InChI=1S/C12H23BrO/c1-10(2)7-9-14-8-3-4-12(13)11-5-6-11/h10-12H,3-9H2,1-2H3. The highest BCUT2D eigenvalue weighted by Crippen LogP contribution is 2.38. The molecule has 0 aromatic heterocycles. The van der Waals surface area contributed by atoms with E-state index in [2.05, 4.69) is 29.8 Å². The molecule has 1 fully saturated rings. The molecule has 0 N–H and O–H groups in total. The first-order chi connectivity index (χ1) is 6.70.